The standard InChI is InChI=1S/C9H10F3NO4S/c10-9(11,12)17-8-4-2-1-3-7(8)13-18(15,16)6-5-14/h1-4,13-14H,5-6H2. The van der Waals surface area contributed by atoms with E-state index in [-0.39, 0.29) is 5.69 Å². The minimum Gasteiger partial charge on any atom is -0.404 e. The van der Waals surface area contributed by atoms with E-state index in [9.17, 15) is 21.6 Å². The van der Waals surface area contributed by atoms with Crippen LogP contribution in [0.15, 0.2) is 24.3 Å². The number of hydrogen-bond donors (Lipinski definition) is 2. The topological polar surface area (TPSA) is 75.6 Å². The van der Waals surface area contributed by atoms with Crippen LogP contribution in [0.4, 0.5) is 18.9 Å². The third-order valence-corrected chi connectivity index (χ3v) is 2.99. The van der Waals surface area contributed by atoms with E-state index in [1.807, 2.05) is 4.72 Å². The molecule has 0 amide bonds. The maximum absolute atomic E-state index is 12.1. The Morgan fingerprint density at radius 1 is 1.28 bits per heavy atom. The third-order valence-electron chi connectivity index (χ3n) is 1.74. The number of aliphatic hydroxyl groups is 1. The van der Waals surface area contributed by atoms with Gasteiger partial charge in [0, 0.05) is 0 Å². The molecule has 0 atom stereocenters. The highest BCUT2D eigenvalue weighted by Gasteiger charge is 2.32. The predicted octanol–water partition coefficient (Wildman–Crippen LogP) is 1.32. The number of halogens is 3. The molecule has 18 heavy (non-hydrogen) atoms. The number of sulfonamides is 1. The van der Waals surface area contributed by atoms with E-state index in [1.165, 1.54) is 12.1 Å². The zero-order valence-electron chi connectivity index (χ0n) is 8.94. The van der Waals surface area contributed by atoms with Crippen molar-refractivity contribution in [3.63, 3.8) is 0 Å². The number of rotatable bonds is 5. The maximum atomic E-state index is 12.1. The van der Waals surface area contributed by atoms with Crippen molar-refractivity contribution in [1.82, 2.24) is 0 Å². The number of alkyl halides is 3. The number of para-hydroxylation sites is 2. The monoisotopic (exact) mass is 285 g/mol. The first kappa shape index (κ1) is 14.6. The molecule has 0 fully saturated rings. The molecule has 0 saturated heterocycles. The quantitative estimate of drug-likeness (QED) is 0.855. The van der Waals surface area contributed by atoms with Gasteiger partial charge in [-0.2, -0.15) is 0 Å². The van der Waals surface area contributed by atoms with Crippen LogP contribution in [-0.4, -0.2) is 32.2 Å². The molecule has 9 heteroatoms. The van der Waals surface area contributed by atoms with Gasteiger partial charge in [0.15, 0.2) is 5.75 Å². The molecular formula is C9H10F3NO4S. The second kappa shape index (κ2) is 5.44. The Balaban J connectivity index is 2.96. The van der Waals surface area contributed by atoms with E-state index in [2.05, 4.69) is 4.74 Å². The fourth-order valence-corrected chi connectivity index (χ4v) is 1.95. The van der Waals surface area contributed by atoms with Gasteiger partial charge in [0.1, 0.15) is 0 Å². The largest absolute Gasteiger partial charge is 0.573 e. The van der Waals surface area contributed by atoms with Gasteiger partial charge in [-0.1, -0.05) is 12.1 Å². The Bertz CT molecular complexity index is 501. The number of aliphatic hydroxyl groups excluding tert-OH is 1. The summed E-state index contributed by atoms with van der Waals surface area (Å²) in [6.07, 6.45) is -4.92. The molecule has 1 aromatic carbocycles. The average molecular weight is 285 g/mol. The van der Waals surface area contributed by atoms with E-state index < -0.39 is 34.5 Å². The summed E-state index contributed by atoms with van der Waals surface area (Å²) < 4.78 is 64.4. The van der Waals surface area contributed by atoms with Gasteiger partial charge in [-0.3, -0.25) is 4.72 Å². The van der Waals surface area contributed by atoms with Crippen LogP contribution in [0.25, 0.3) is 0 Å². The van der Waals surface area contributed by atoms with Crippen molar-refractivity contribution in [3.8, 4) is 5.75 Å². The van der Waals surface area contributed by atoms with Gasteiger partial charge in [0.2, 0.25) is 10.0 Å². The van der Waals surface area contributed by atoms with Gasteiger partial charge in [-0.25, -0.2) is 8.42 Å². The van der Waals surface area contributed by atoms with Crippen LogP contribution in [0, 0.1) is 0 Å². The van der Waals surface area contributed by atoms with Crippen molar-refractivity contribution in [1.29, 1.82) is 0 Å². The third kappa shape index (κ3) is 4.80. The highest BCUT2D eigenvalue weighted by molar-refractivity contribution is 7.92. The number of hydrogen-bond acceptors (Lipinski definition) is 4. The Morgan fingerprint density at radius 3 is 2.44 bits per heavy atom. The fraction of sp³-hybridized carbons (Fsp3) is 0.333. The number of benzene rings is 1. The van der Waals surface area contributed by atoms with E-state index in [0.717, 1.165) is 12.1 Å². The SMILES string of the molecule is O=S(=O)(CCO)Nc1ccccc1OC(F)(F)F. The lowest BCUT2D eigenvalue weighted by atomic mass is 10.3. The van der Waals surface area contributed by atoms with Crippen molar-refractivity contribution < 1.29 is 31.4 Å². The van der Waals surface area contributed by atoms with Gasteiger partial charge in [0.25, 0.3) is 0 Å². The fourth-order valence-electron chi connectivity index (χ4n) is 1.10. The Labute approximate surface area is 101 Å². The highest BCUT2D eigenvalue weighted by atomic mass is 32.2. The molecule has 1 aromatic rings. The minimum atomic E-state index is -4.92. The molecule has 0 unspecified atom stereocenters. The summed E-state index contributed by atoms with van der Waals surface area (Å²) in [7, 11) is -3.91. The van der Waals surface area contributed by atoms with Crippen molar-refractivity contribution in [2.75, 3.05) is 17.1 Å². The van der Waals surface area contributed by atoms with Gasteiger partial charge in [-0.15, -0.1) is 13.2 Å². The molecule has 0 bridgehead atoms. The minimum absolute atomic E-state index is 0.344. The summed E-state index contributed by atoms with van der Waals surface area (Å²) in [6, 6.07) is 4.71. The Kier molecular flexibility index (Phi) is 4.41. The zero-order chi connectivity index (χ0) is 13.8. The lowest BCUT2D eigenvalue weighted by Gasteiger charge is -2.14. The van der Waals surface area contributed by atoms with Crippen molar-refractivity contribution in [3.05, 3.63) is 24.3 Å². The predicted molar refractivity (Wildman–Crippen MR) is 57.6 cm³/mol. The van der Waals surface area contributed by atoms with Crippen molar-refractivity contribution >= 4 is 15.7 Å². The van der Waals surface area contributed by atoms with Crippen LogP contribution in [0.3, 0.4) is 0 Å². The van der Waals surface area contributed by atoms with Gasteiger partial charge in [-0.05, 0) is 12.1 Å². The molecule has 0 aromatic heterocycles. The Hall–Kier alpha value is -1.48. The summed E-state index contributed by atoms with van der Waals surface area (Å²) >= 11 is 0. The van der Waals surface area contributed by atoms with E-state index in [1.54, 1.807) is 0 Å². The van der Waals surface area contributed by atoms with E-state index >= 15 is 0 Å². The molecule has 0 aliphatic carbocycles. The molecule has 1 rings (SSSR count). The first-order chi connectivity index (χ1) is 8.23. The summed E-state index contributed by atoms with van der Waals surface area (Å²) in [6.45, 7) is -0.641. The maximum Gasteiger partial charge on any atom is 0.573 e. The average Bonchev–Trinajstić information content (AvgIpc) is 2.18. The lowest BCUT2D eigenvalue weighted by Crippen LogP contribution is -2.22. The first-order valence-corrected chi connectivity index (χ1v) is 6.35. The molecule has 0 heterocycles. The normalized spacial score (nSPS) is 12.2. The second-order valence-electron chi connectivity index (χ2n) is 3.19. The number of ether oxygens (including phenoxy) is 1. The summed E-state index contributed by atoms with van der Waals surface area (Å²) in [5.41, 5.74) is -0.344. The van der Waals surface area contributed by atoms with E-state index in [0.29, 0.717) is 0 Å². The van der Waals surface area contributed by atoms with Crippen molar-refractivity contribution in [2.45, 2.75) is 6.36 Å². The Morgan fingerprint density at radius 2 is 1.89 bits per heavy atom. The molecule has 2 N–H and O–H groups in total. The summed E-state index contributed by atoms with van der Waals surface area (Å²) in [4.78, 5) is 0. The van der Waals surface area contributed by atoms with Crippen LogP contribution < -0.4 is 9.46 Å². The van der Waals surface area contributed by atoms with Crippen LogP contribution in [0.5, 0.6) is 5.75 Å². The highest BCUT2D eigenvalue weighted by Crippen LogP contribution is 2.30. The zero-order valence-corrected chi connectivity index (χ0v) is 9.75. The molecular weight excluding hydrogens is 275 g/mol. The lowest BCUT2D eigenvalue weighted by molar-refractivity contribution is -0.274. The van der Waals surface area contributed by atoms with Crippen molar-refractivity contribution in [2.24, 2.45) is 0 Å². The summed E-state index contributed by atoms with van der Waals surface area (Å²) in [5, 5.41) is 8.51. The molecule has 5 nitrogen and oxygen atoms in total. The smallest absolute Gasteiger partial charge is 0.404 e. The molecule has 0 spiro atoms. The number of nitrogens with one attached hydrogen (secondary N) is 1. The molecule has 0 saturated carbocycles. The van der Waals surface area contributed by atoms with Crippen LogP contribution in [-0.2, 0) is 10.0 Å². The number of anilines is 1. The van der Waals surface area contributed by atoms with E-state index in [4.69, 9.17) is 5.11 Å². The summed E-state index contributed by atoms with van der Waals surface area (Å²) in [5.74, 6) is -1.28. The molecule has 0 aliphatic heterocycles. The molecule has 102 valence electrons. The van der Waals surface area contributed by atoms with Crippen LogP contribution in [0.2, 0.25) is 0 Å². The molecule has 0 aliphatic rings. The van der Waals surface area contributed by atoms with Crippen LogP contribution in [0.1, 0.15) is 0 Å². The van der Waals surface area contributed by atoms with Gasteiger partial charge < -0.3 is 9.84 Å². The molecule has 0 radical (unpaired) electrons. The van der Waals surface area contributed by atoms with Gasteiger partial charge >= 0.3 is 6.36 Å². The second-order valence-corrected chi connectivity index (χ2v) is 5.03. The van der Waals surface area contributed by atoms with Gasteiger partial charge in [0.05, 0.1) is 18.0 Å². The first-order valence-electron chi connectivity index (χ1n) is 4.69. The van der Waals surface area contributed by atoms with Crippen LogP contribution >= 0.6 is 0 Å².